The van der Waals surface area contributed by atoms with Crippen molar-refractivity contribution in [1.82, 2.24) is 24.6 Å². The van der Waals surface area contributed by atoms with Gasteiger partial charge in [-0.2, -0.15) is 0 Å². The predicted molar refractivity (Wildman–Crippen MR) is 127 cm³/mol. The molecule has 11 heteroatoms. The van der Waals surface area contributed by atoms with Crippen LogP contribution >= 0.6 is 0 Å². The quantitative estimate of drug-likeness (QED) is 0.343. The van der Waals surface area contributed by atoms with Crippen LogP contribution in [0.3, 0.4) is 0 Å². The number of imidazole rings is 1. The van der Waals surface area contributed by atoms with Gasteiger partial charge in [0.05, 0.1) is 23.8 Å². The van der Waals surface area contributed by atoms with Gasteiger partial charge >= 0.3 is 0 Å². The topological polar surface area (TPSA) is 135 Å². The summed E-state index contributed by atoms with van der Waals surface area (Å²) in [6.07, 6.45) is 11.0. The number of carbonyl (C=O) groups is 1. The number of rotatable bonds is 6. The first-order valence-electron chi connectivity index (χ1n) is 11.1. The van der Waals surface area contributed by atoms with E-state index >= 15 is 0 Å². The van der Waals surface area contributed by atoms with E-state index in [-0.39, 0.29) is 23.5 Å². The van der Waals surface area contributed by atoms with E-state index in [1.807, 2.05) is 18.2 Å². The van der Waals surface area contributed by atoms with Gasteiger partial charge in [0.25, 0.3) is 5.91 Å². The Balaban J connectivity index is 1.50. The largest absolute Gasteiger partial charge is 0.366 e. The zero-order valence-electron chi connectivity index (χ0n) is 18.3. The van der Waals surface area contributed by atoms with E-state index in [2.05, 4.69) is 36.0 Å². The Hall–Kier alpha value is -4.12. The molecule has 4 aromatic rings. The number of fused-ring (bicyclic) bond motifs is 1. The third-order valence-corrected chi connectivity index (χ3v) is 5.80. The van der Waals surface area contributed by atoms with Gasteiger partial charge in [0.1, 0.15) is 5.82 Å². The Morgan fingerprint density at radius 3 is 2.56 bits per heavy atom. The Kier molecular flexibility index (Phi) is 6.00. The number of amides is 1. The molecule has 5 N–H and O–H groups in total. The number of nitrogens with zero attached hydrogens (tertiary/aromatic N) is 5. The molecule has 0 unspecified atom stereocenters. The minimum atomic E-state index is -0.629. The second-order valence-corrected chi connectivity index (χ2v) is 8.25. The average Bonchev–Trinajstić information content (AvgIpc) is 3.27. The summed E-state index contributed by atoms with van der Waals surface area (Å²) in [7, 11) is 0. The van der Waals surface area contributed by atoms with Crippen LogP contribution in [0, 0.1) is 5.82 Å². The molecule has 1 saturated carbocycles. The predicted octanol–water partition coefficient (Wildman–Crippen LogP) is 3.34. The summed E-state index contributed by atoms with van der Waals surface area (Å²) in [6, 6.07) is 7.37. The zero-order valence-corrected chi connectivity index (χ0v) is 18.3. The van der Waals surface area contributed by atoms with Crippen LogP contribution in [0.2, 0.25) is 0 Å². The van der Waals surface area contributed by atoms with E-state index in [0.29, 0.717) is 17.2 Å². The molecule has 0 spiro atoms. The Bertz CT molecular complexity index is 1300. The van der Waals surface area contributed by atoms with Gasteiger partial charge < -0.3 is 21.7 Å². The minimum absolute atomic E-state index is 0.0258. The second kappa shape index (κ2) is 9.40. The highest BCUT2D eigenvalue weighted by Gasteiger charge is 2.22. The zero-order chi connectivity index (χ0) is 23.5. The number of nitrogens with one attached hydrogen (secondary N) is 3. The normalized spacial score (nSPS) is 17.9. The molecule has 174 valence electrons. The molecule has 0 bridgehead atoms. The van der Waals surface area contributed by atoms with Crippen molar-refractivity contribution < 1.29 is 9.18 Å². The summed E-state index contributed by atoms with van der Waals surface area (Å²) >= 11 is 0. The number of aromatic nitrogens is 5. The first kappa shape index (κ1) is 21.7. The maximum Gasteiger partial charge on any atom is 0.276 e. The van der Waals surface area contributed by atoms with Crippen LogP contribution in [-0.4, -0.2) is 42.6 Å². The lowest BCUT2D eigenvalue weighted by Crippen LogP contribution is -2.33. The maximum absolute atomic E-state index is 14.0. The summed E-state index contributed by atoms with van der Waals surface area (Å²) in [6.45, 7) is 0. The van der Waals surface area contributed by atoms with E-state index in [1.54, 1.807) is 12.4 Å². The van der Waals surface area contributed by atoms with Gasteiger partial charge in [0, 0.05) is 42.4 Å². The van der Waals surface area contributed by atoms with Gasteiger partial charge in [0.15, 0.2) is 17.2 Å². The molecule has 0 aromatic carbocycles. The van der Waals surface area contributed by atoms with E-state index < -0.39 is 11.7 Å². The Labute approximate surface area is 194 Å². The van der Waals surface area contributed by atoms with Crippen LogP contribution in [0.15, 0.2) is 55.2 Å². The van der Waals surface area contributed by atoms with Gasteiger partial charge in [-0.3, -0.25) is 14.8 Å². The van der Waals surface area contributed by atoms with Crippen molar-refractivity contribution in [3.05, 3.63) is 66.8 Å². The van der Waals surface area contributed by atoms with Crippen LogP contribution < -0.4 is 21.7 Å². The molecule has 10 nitrogen and oxygen atoms in total. The van der Waals surface area contributed by atoms with E-state index in [9.17, 15) is 9.18 Å². The molecule has 34 heavy (non-hydrogen) atoms. The summed E-state index contributed by atoms with van der Waals surface area (Å²) in [5.41, 5.74) is 8.15. The lowest BCUT2D eigenvalue weighted by molar-refractivity contribution is 0.102. The molecule has 0 saturated heterocycles. The van der Waals surface area contributed by atoms with E-state index in [1.165, 1.54) is 23.0 Å². The second-order valence-electron chi connectivity index (χ2n) is 8.25. The first-order valence-corrected chi connectivity index (χ1v) is 11.1. The van der Waals surface area contributed by atoms with Crippen molar-refractivity contribution in [3.63, 3.8) is 0 Å². The average molecular weight is 462 g/mol. The number of anilines is 4. The Morgan fingerprint density at radius 1 is 1.03 bits per heavy atom. The van der Waals surface area contributed by atoms with Crippen molar-refractivity contribution >= 4 is 34.4 Å². The molecular weight excluding hydrogens is 437 g/mol. The Morgan fingerprint density at radius 2 is 1.79 bits per heavy atom. The highest BCUT2D eigenvalue weighted by atomic mass is 19.1. The molecule has 4 heterocycles. The number of pyridine rings is 2. The number of nitrogens with two attached hydrogens (primary N) is 1. The van der Waals surface area contributed by atoms with Gasteiger partial charge in [0.2, 0.25) is 0 Å². The number of hydrogen-bond acceptors (Lipinski definition) is 8. The smallest absolute Gasteiger partial charge is 0.276 e. The molecule has 4 aromatic heterocycles. The molecule has 1 amide bonds. The molecule has 1 fully saturated rings. The van der Waals surface area contributed by atoms with Crippen LogP contribution in [0.25, 0.3) is 5.65 Å². The maximum atomic E-state index is 14.0. The molecular formula is C23H24FN9O. The molecule has 0 aliphatic heterocycles. The molecule has 0 atom stereocenters. The number of carbonyl (C=O) groups excluding carboxylic acids is 1. The fourth-order valence-electron chi connectivity index (χ4n) is 4.01. The van der Waals surface area contributed by atoms with Crippen LogP contribution in [0.5, 0.6) is 0 Å². The fraction of sp³-hybridized carbons (Fsp3) is 0.261. The third-order valence-electron chi connectivity index (χ3n) is 5.80. The molecule has 1 aliphatic carbocycles. The third kappa shape index (κ3) is 4.64. The highest BCUT2D eigenvalue weighted by Crippen LogP contribution is 2.27. The van der Waals surface area contributed by atoms with Crippen LogP contribution in [-0.2, 0) is 0 Å². The van der Waals surface area contributed by atoms with Crippen molar-refractivity contribution in [3.8, 4) is 0 Å². The lowest BCUT2D eigenvalue weighted by atomic mass is 9.92. The van der Waals surface area contributed by atoms with Gasteiger partial charge in [-0.15, -0.1) is 5.10 Å². The first-order chi connectivity index (χ1) is 16.6. The standard InChI is InChI=1S/C23H24FN9O/c24-17-12-27-10-7-18(17)31-23(34)20-13-28-22-19(29-16-5-8-26-9-6-16)11-21(32-33(20)22)30-15-3-1-14(25)2-4-15/h5-15H,1-4,25H2,(H,26,29)(H,30,32)(H,27,31,34). The summed E-state index contributed by atoms with van der Waals surface area (Å²) < 4.78 is 15.5. The van der Waals surface area contributed by atoms with Crippen molar-refractivity contribution in [2.24, 2.45) is 5.73 Å². The van der Waals surface area contributed by atoms with Crippen molar-refractivity contribution in [1.29, 1.82) is 0 Å². The van der Waals surface area contributed by atoms with Crippen molar-refractivity contribution in [2.45, 2.75) is 37.8 Å². The minimum Gasteiger partial charge on any atom is -0.366 e. The molecule has 1 aliphatic rings. The van der Waals surface area contributed by atoms with Gasteiger partial charge in [-0.25, -0.2) is 13.9 Å². The number of hydrogen-bond donors (Lipinski definition) is 4. The molecule has 0 radical (unpaired) electrons. The summed E-state index contributed by atoms with van der Waals surface area (Å²) in [5.74, 6) is -0.581. The van der Waals surface area contributed by atoms with E-state index in [0.717, 1.165) is 37.6 Å². The van der Waals surface area contributed by atoms with Crippen molar-refractivity contribution in [2.75, 3.05) is 16.0 Å². The lowest BCUT2D eigenvalue weighted by Gasteiger charge is -2.27. The highest BCUT2D eigenvalue weighted by molar-refractivity contribution is 6.03. The number of halogens is 1. The summed E-state index contributed by atoms with van der Waals surface area (Å²) in [4.78, 5) is 25.1. The van der Waals surface area contributed by atoms with Crippen LogP contribution in [0.1, 0.15) is 36.2 Å². The van der Waals surface area contributed by atoms with E-state index in [4.69, 9.17) is 5.73 Å². The van der Waals surface area contributed by atoms with Gasteiger partial charge in [-0.1, -0.05) is 0 Å². The SMILES string of the molecule is NC1CCC(Nc2cc(Nc3ccncc3)c3ncc(C(=O)Nc4ccncc4F)n3n2)CC1. The fourth-order valence-corrected chi connectivity index (χ4v) is 4.01. The summed E-state index contributed by atoms with van der Waals surface area (Å²) in [5, 5.41) is 14.0. The van der Waals surface area contributed by atoms with Gasteiger partial charge in [-0.05, 0) is 43.9 Å². The van der Waals surface area contributed by atoms with Crippen LogP contribution in [0.4, 0.5) is 27.3 Å². The molecule has 5 rings (SSSR count). The monoisotopic (exact) mass is 461 g/mol.